The molecule has 9 heteroatoms. The molecule has 1 aromatic rings. The number of hydrogen-bond donors (Lipinski definition) is 3. The van der Waals surface area contributed by atoms with Gasteiger partial charge in [0.25, 0.3) is 0 Å². The van der Waals surface area contributed by atoms with E-state index >= 15 is 0 Å². The Labute approximate surface area is 165 Å². The standard InChI is InChI=1S/C18H24FN3O3S.ClH/c19-14-8-7-13(10-17(14)26(24,25)22-12-5-6-12)20-18(23)16-9-11-3-1-2-4-15(11)21-16;/h7-8,10-12,15-16,21-22H,1-6,9H2,(H,20,23);1H. The van der Waals surface area contributed by atoms with Gasteiger partial charge in [-0.15, -0.1) is 12.4 Å². The third-order valence-corrected chi connectivity index (χ3v) is 7.10. The van der Waals surface area contributed by atoms with Crippen LogP contribution in [0.25, 0.3) is 0 Å². The molecule has 0 radical (unpaired) electrons. The monoisotopic (exact) mass is 417 g/mol. The maximum Gasteiger partial charge on any atom is 0.243 e. The summed E-state index contributed by atoms with van der Waals surface area (Å²) in [6.45, 7) is 0. The summed E-state index contributed by atoms with van der Waals surface area (Å²) < 4.78 is 41.1. The van der Waals surface area contributed by atoms with Crippen LogP contribution in [0.3, 0.4) is 0 Å². The van der Waals surface area contributed by atoms with Gasteiger partial charge in [-0.3, -0.25) is 4.79 Å². The molecule has 27 heavy (non-hydrogen) atoms. The summed E-state index contributed by atoms with van der Waals surface area (Å²) in [5.74, 6) is -0.475. The summed E-state index contributed by atoms with van der Waals surface area (Å²) in [4.78, 5) is 12.1. The smallest absolute Gasteiger partial charge is 0.243 e. The van der Waals surface area contributed by atoms with Crippen LogP contribution in [0.5, 0.6) is 0 Å². The number of anilines is 1. The largest absolute Gasteiger partial charge is 0.325 e. The first-order chi connectivity index (χ1) is 12.4. The van der Waals surface area contributed by atoms with Gasteiger partial charge >= 0.3 is 0 Å². The number of nitrogens with one attached hydrogen (secondary N) is 3. The molecule has 1 aromatic carbocycles. The molecule has 1 saturated heterocycles. The zero-order chi connectivity index (χ0) is 18.3. The summed E-state index contributed by atoms with van der Waals surface area (Å²) in [7, 11) is -3.91. The first kappa shape index (κ1) is 20.5. The molecule has 6 nitrogen and oxygen atoms in total. The average molecular weight is 418 g/mol. The Kier molecular flexibility index (Phi) is 6.10. The summed E-state index contributed by atoms with van der Waals surface area (Å²) >= 11 is 0. The molecule has 3 N–H and O–H groups in total. The predicted octanol–water partition coefficient (Wildman–Crippen LogP) is 2.55. The molecule has 3 unspecified atom stereocenters. The van der Waals surface area contributed by atoms with Crippen molar-refractivity contribution in [3.8, 4) is 0 Å². The van der Waals surface area contributed by atoms with E-state index < -0.39 is 20.7 Å². The van der Waals surface area contributed by atoms with E-state index in [1.807, 2.05) is 0 Å². The number of fused-ring (bicyclic) bond motifs is 1. The first-order valence-electron chi connectivity index (χ1n) is 9.31. The average Bonchev–Trinajstić information content (AvgIpc) is 3.29. The minimum Gasteiger partial charge on any atom is -0.325 e. The van der Waals surface area contributed by atoms with Crippen molar-refractivity contribution in [1.82, 2.24) is 10.0 Å². The van der Waals surface area contributed by atoms with Gasteiger partial charge < -0.3 is 10.6 Å². The molecule has 3 atom stereocenters. The Bertz CT molecular complexity index is 802. The molecular weight excluding hydrogens is 393 g/mol. The van der Waals surface area contributed by atoms with E-state index in [0.29, 0.717) is 17.6 Å². The molecule has 4 rings (SSSR count). The highest BCUT2D eigenvalue weighted by molar-refractivity contribution is 7.89. The minimum absolute atomic E-state index is 0. The summed E-state index contributed by atoms with van der Waals surface area (Å²) in [5.41, 5.74) is 0.296. The third-order valence-electron chi connectivity index (χ3n) is 5.57. The number of sulfonamides is 1. The van der Waals surface area contributed by atoms with Crippen LogP contribution in [0.4, 0.5) is 10.1 Å². The van der Waals surface area contributed by atoms with Crippen LogP contribution in [-0.2, 0) is 14.8 Å². The molecule has 2 aliphatic carbocycles. The molecule has 3 fully saturated rings. The SMILES string of the molecule is Cl.O=C(Nc1ccc(F)c(S(=O)(=O)NC2CC2)c1)C1CC2CCCCC2N1. The number of carbonyl (C=O) groups excluding carboxylic acids is 1. The van der Waals surface area contributed by atoms with Gasteiger partial charge in [-0.25, -0.2) is 17.5 Å². The van der Waals surface area contributed by atoms with Crippen LogP contribution in [0, 0.1) is 11.7 Å². The van der Waals surface area contributed by atoms with E-state index in [9.17, 15) is 17.6 Å². The normalized spacial score (nSPS) is 27.5. The molecular formula is C18H25ClFN3O3S. The van der Waals surface area contributed by atoms with E-state index in [4.69, 9.17) is 0 Å². The number of amides is 1. The Morgan fingerprint density at radius 3 is 2.59 bits per heavy atom. The van der Waals surface area contributed by atoms with Gasteiger partial charge in [0.2, 0.25) is 15.9 Å². The van der Waals surface area contributed by atoms with E-state index in [1.54, 1.807) is 0 Å². The Hall–Kier alpha value is -1.22. The van der Waals surface area contributed by atoms with E-state index in [-0.39, 0.29) is 30.4 Å². The van der Waals surface area contributed by atoms with Gasteiger partial charge in [0.1, 0.15) is 10.7 Å². The van der Waals surface area contributed by atoms with E-state index in [2.05, 4.69) is 15.4 Å². The highest BCUT2D eigenvalue weighted by Crippen LogP contribution is 2.33. The molecule has 3 aliphatic rings. The maximum atomic E-state index is 14.0. The van der Waals surface area contributed by atoms with Crippen molar-refractivity contribution in [1.29, 1.82) is 0 Å². The van der Waals surface area contributed by atoms with Gasteiger partial charge in [-0.2, -0.15) is 0 Å². The molecule has 0 spiro atoms. The Morgan fingerprint density at radius 2 is 1.89 bits per heavy atom. The fourth-order valence-electron chi connectivity index (χ4n) is 4.02. The van der Waals surface area contributed by atoms with Crippen molar-refractivity contribution in [2.45, 2.75) is 68.0 Å². The van der Waals surface area contributed by atoms with Gasteiger partial charge in [-0.05, 0) is 56.2 Å². The number of halogens is 2. The Balaban J connectivity index is 0.00000210. The molecule has 150 valence electrons. The molecule has 1 heterocycles. The lowest BCUT2D eigenvalue weighted by Gasteiger charge is -2.24. The molecule has 2 saturated carbocycles. The van der Waals surface area contributed by atoms with Crippen molar-refractivity contribution >= 4 is 34.0 Å². The van der Waals surface area contributed by atoms with Crippen LogP contribution in [0.2, 0.25) is 0 Å². The number of hydrogen-bond acceptors (Lipinski definition) is 4. The van der Waals surface area contributed by atoms with Crippen molar-refractivity contribution in [2.24, 2.45) is 5.92 Å². The van der Waals surface area contributed by atoms with Crippen LogP contribution in [-0.4, -0.2) is 32.5 Å². The second-order valence-corrected chi connectivity index (χ2v) is 9.32. The quantitative estimate of drug-likeness (QED) is 0.687. The zero-order valence-corrected chi connectivity index (χ0v) is 16.5. The number of rotatable bonds is 5. The maximum absolute atomic E-state index is 14.0. The lowest BCUT2D eigenvalue weighted by molar-refractivity contribution is -0.117. The van der Waals surface area contributed by atoms with Gasteiger partial charge in [0.15, 0.2) is 0 Å². The summed E-state index contributed by atoms with van der Waals surface area (Å²) in [5, 5.41) is 6.13. The van der Waals surface area contributed by atoms with Crippen molar-refractivity contribution < 1.29 is 17.6 Å². The van der Waals surface area contributed by atoms with Gasteiger partial charge in [0.05, 0.1) is 6.04 Å². The third kappa shape index (κ3) is 4.62. The van der Waals surface area contributed by atoms with Gasteiger partial charge in [-0.1, -0.05) is 12.8 Å². The molecule has 0 bridgehead atoms. The molecule has 0 aromatic heterocycles. The Morgan fingerprint density at radius 1 is 1.15 bits per heavy atom. The zero-order valence-electron chi connectivity index (χ0n) is 14.9. The summed E-state index contributed by atoms with van der Waals surface area (Å²) in [6, 6.07) is 3.68. The van der Waals surface area contributed by atoms with Crippen molar-refractivity contribution in [3.05, 3.63) is 24.0 Å². The van der Waals surface area contributed by atoms with E-state index in [0.717, 1.165) is 38.2 Å². The highest BCUT2D eigenvalue weighted by atomic mass is 35.5. The van der Waals surface area contributed by atoms with Crippen LogP contribution < -0.4 is 15.4 Å². The first-order valence-corrected chi connectivity index (χ1v) is 10.8. The second-order valence-electron chi connectivity index (χ2n) is 7.64. The second kappa shape index (κ2) is 8.03. The van der Waals surface area contributed by atoms with Crippen LogP contribution in [0.1, 0.15) is 44.9 Å². The lowest BCUT2D eigenvalue weighted by atomic mass is 9.85. The molecule has 1 amide bonds. The van der Waals surface area contributed by atoms with Crippen LogP contribution in [0.15, 0.2) is 23.1 Å². The minimum atomic E-state index is -3.91. The fourth-order valence-corrected chi connectivity index (χ4v) is 5.43. The van der Waals surface area contributed by atoms with Crippen LogP contribution >= 0.6 is 12.4 Å². The topological polar surface area (TPSA) is 87.3 Å². The van der Waals surface area contributed by atoms with Crippen molar-refractivity contribution in [3.63, 3.8) is 0 Å². The lowest BCUT2D eigenvalue weighted by Crippen LogP contribution is -2.39. The number of carbonyl (C=O) groups is 1. The van der Waals surface area contributed by atoms with Crippen molar-refractivity contribution in [2.75, 3.05) is 5.32 Å². The molecule has 1 aliphatic heterocycles. The van der Waals surface area contributed by atoms with E-state index in [1.165, 1.54) is 25.0 Å². The predicted molar refractivity (Wildman–Crippen MR) is 103 cm³/mol. The summed E-state index contributed by atoms with van der Waals surface area (Å²) in [6.07, 6.45) is 6.99. The highest BCUT2D eigenvalue weighted by Gasteiger charge is 2.38. The number of benzene rings is 1. The fraction of sp³-hybridized carbons (Fsp3) is 0.611. The van der Waals surface area contributed by atoms with Gasteiger partial charge in [0, 0.05) is 17.8 Å².